The van der Waals surface area contributed by atoms with Crippen molar-refractivity contribution >= 4 is 5.69 Å². The molecule has 0 aliphatic carbocycles. The molecule has 5 heteroatoms. The molecule has 0 atom stereocenters. The van der Waals surface area contributed by atoms with E-state index in [0.29, 0.717) is 11.4 Å². The van der Waals surface area contributed by atoms with Gasteiger partial charge in [-0.15, -0.1) is 0 Å². The fourth-order valence-electron chi connectivity index (χ4n) is 1.88. The number of hydrogen-bond acceptors (Lipinski definition) is 4. The zero-order valence-electron chi connectivity index (χ0n) is 10.4. The van der Waals surface area contributed by atoms with Crippen LogP contribution < -0.4 is 10.5 Å². The summed E-state index contributed by atoms with van der Waals surface area (Å²) in [7, 11) is 1.64. The number of furan rings is 1. The average Bonchev–Trinajstić information content (AvgIpc) is 3.08. The molecule has 3 aromatic rings. The third-order valence-electron chi connectivity index (χ3n) is 2.87. The largest absolute Gasteiger partial charge is 0.497 e. The van der Waals surface area contributed by atoms with Gasteiger partial charge in [0.1, 0.15) is 11.4 Å². The second kappa shape index (κ2) is 4.53. The summed E-state index contributed by atoms with van der Waals surface area (Å²) in [6, 6.07) is 9.43. The lowest BCUT2D eigenvalue weighted by molar-refractivity contribution is 0.414. The van der Waals surface area contributed by atoms with Crippen LogP contribution in [0.3, 0.4) is 0 Å². The van der Waals surface area contributed by atoms with E-state index in [-0.39, 0.29) is 0 Å². The van der Waals surface area contributed by atoms with Gasteiger partial charge in [-0.05, 0) is 30.3 Å². The summed E-state index contributed by atoms with van der Waals surface area (Å²) in [6.07, 6.45) is 5.00. The van der Waals surface area contributed by atoms with Crippen LogP contribution in [0.25, 0.3) is 16.9 Å². The first kappa shape index (κ1) is 11.4. The number of ether oxygens (including phenoxy) is 1. The number of nitrogen functional groups attached to an aromatic ring is 1. The Morgan fingerprint density at radius 3 is 2.63 bits per heavy atom. The molecule has 0 radical (unpaired) electrons. The Balaban J connectivity index is 1.99. The molecule has 96 valence electrons. The van der Waals surface area contributed by atoms with Gasteiger partial charge in [-0.1, -0.05) is 0 Å². The maximum absolute atomic E-state index is 5.98. The average molecular weight is 255 g/mol. The van der Waals surface area contributed by atoms with E-state index in [0.717, 1.165) is 17.0 Å². The van der Waals surface area contributed by atoms with Crippen LogP contribution in [0.2, 0.25) is 0 Å². The van der Waals surface area contributed by atoms with Crippen molar-refractivity contribution in [1.29, 1.82) is 0 Å². The van der Waals surface area contributed by atoms with Crippen LogP contribution in [-0.4, -0.2) is 16.9 Å². The van der Waals surface area contributed by atoms with Crippen LogP contribution in [0.15, 0.2) is 53.5 Å². The molecule has 3 rings (SSSR count). The predicted octanol–water partition coefficient (Wildman–Crippen LogP) is 2.72. The molecule has 2 heterocycles. The number of nitrogens with two attached hydrogens (primary N) is 1. The van der Waals surface area contributed by atoms with E-state index in [2.05, 4.69) is 5.10 Å². The van der Waals surface area contributed by atoms with E-state index >= 15 is 0 Å². The van der Waals surface area contributed by atoms with E-state index in [1.54, 1.807) is 30.5 Å². The third kappa shape index (κ3) is 2.06. The maximum Gasteiger partial charge on any atom is 0.119 e. The van der Waals surface area contributed by atoms with Crippen LogP contribution >= 0.6 is 0 Å². The van der Waals surface area contributed by atoms with Crippen molar-refractivity contribution in [2.45, 2.75) is 0 Å². The molecular formula is C14H13N3O2. The van der Waals surface area contributed by atoms with Crippen LogP contribution in [0.4, 0.5) is 5.69 Å². The highest BCUT2D eigenvalue weighted by molar-refractivity contribution is 5.71. The lowest BCUT2D eigenvalue weighted by Gasteiger charge is -2.02. The molecule has 2 aromatic heterocycles. The molecule has 0 bridgehead atoms. The van der Waals surface area contributed by atoms with Crippen molar-refractivity contribution in [3.8, 4) is 22.7 Å². The van der Waals surface area contributed by atoms with Crippen molar-refractivity contribution < 1.29 is 9.15 Å². The Kier molecular flexibility index (Phi) is 2.72. The Hall–Kier alpha value is -2.69. The van der Waals surface area contributed by atoms with Gasteiger partial charge in [0.05, 0.1) is 37.2 Å². The molecule has 0 saturated carbocycles. The predicted molar refractivity (Wildman–Crippen MR) is 72.2 cm³/mol. The van der Waals surface area contributed by atoms with Gasteiger partial charge in [-0.3, -0.25) is 0 Å². The van der Waals surface area contributed by atoms with Gasteiger partial charge in [-0.2, -0.15) is 5.10 Å². The highest BCUT2D eigenvalue weighted by Crippen LogP contribution is 2.26. The first-order valence-corrected chi connectivity index (χ1v) is 5.80. The molecule has 19 heavy (non-hydrogen) atoms. The van der Waals surface area contributed by atoms with E-state index in [1.165, 1.54) is 0 Å². The van der Waals surface area contributed by atoms with Crippen LogP contribution in [0.1, 0.15) is 0 Å². The summed E-state index contributed by atoms with van der Waals surface area (Å²) in [5.41, 5.74) is 9.08. The molecule has 0 fully saturated rings. The van der Waals surface area contributed by atoms with E-state index in [9.17, 15) is 0 Å². The Morgan fingerprint density at radius 2 is 2.00 bits per heavy atom. The van der Waals surface area contributed by atoms with Crippen molar-refractivity contribution in [1.82, 2.24) is 9.78 Å². The van der Waals surface area contributed by atoms with Crippen molar-refractivity contribution in [3.63, 3.8) is 0 Å². The standard InChI is InChI=1S/C14H13N3O2/c1-18-12-4-2-11(3-5-12)17-8-13(15)14(16-17)10-6-7-19-9-10/h2-9H,15H2,1H3. The number of rotatable bonds is 3. The minimum Gasteiger partial charge on any atom is -0.497 e. The quantitative estimate of drug-likeness (QED) is 0.781. The first-order valence-electron chi connectivity index (χ1n) is 5.80. The third-order valence-corrected chi connectivity index (χ3v) is 2.87. The number of nitrogens with zero attached hydrogens (tertiary/aromatic N) is 2. The molecule has 0 unspecified atom stereocenters. The second-order valence-corrected chi connectivity index (χ2v) is 4.09. The van der Waals surface area contributed by atoms with Crippen molar-refractivity contribution in [2.24, 2.45) is 0 Å². The monoisotopic (exact) mass is 255 g/mol. The molecule has 0 saturated heterocycles. The van der Waals surface area contributed by atoms with E-state index in [1.807, 2.05) is 30.3 Å². The Bertz CT molecular complexity index is 669. The van der Waals surface area contributed by atoms with Crippen molar-refractivity contribution in [2.75, 3.05) is 12.8 Å². The lowest BCUT2D eigenvalue weighted by atomic mass is 10.2. The molecular weight excluding hydrogens is 242 g/mol. The van der Waals surface area contributed by atoms with Gasteiger partial charge >= 0.3 is 0 Å². The van der Waals surface area contributed by atoms with Gasteiger partial charge < -0.3 is 14.9 Å². The fraction of sp³-hybridized carbons (Fsp3) is 0.0714. The molecule has 2 N–H and O–H groups in total. The first-order chi connectivity index (χ1) is 9.28. The second-order valence-electron chi connectivity index (χ2n) is 4.09. The van der Waals surface area contributed by atoms with E-state index < -0.39 is 0 Å². The van der Waals surface area contributed by atoms with Gasteiger partial charge in [0.25, 0.3) is 0 Å². The van der Waals surface area contributed by atoms with Crippen molar-refractivity contribution in [3.05, 3.63) is 49.1 Å². The Labute approximate surface area is 110 Å². The van der Waals surface area contributed by atoms with Crippen LogP contribution in [-0.2, 0) is 0 Å². The van der Waals surface area contributed by atoms with Crippen LogP contribution in [0.5, 0.6) is 5.75 Å². The summed E-state index contributed by atoms with van der Waals surface area (Å²) in [6.45, 7) is 0. The molecule has 0 aliphatic rings. The van der Waals surface area contributed by atoms with Gasteiger partial charge in [0.15, 0.2) is 0 Å². The fourth-order valence-corrected chi connectivity index (χ4v) is 1.88. The summed E-state index contributed by atoms with van der Waals surface area (Å²) in [5, 5.41) is 4.47. The van der Waals surface area contributed by atoms with E-state index in [4.69, 9.17) is 14.9 Å². The number of hydrogen-bond donors (Lipinski definition) is 1. The number of methoxy groups -OCH3 is 1. The summed E-state index contributed by atoms with van der Waals surface area (Å²) in [4.78, 5) is 0. The van der Waals surface area contributed by atoms with Gasteiger partial charge in [0, 0.05) is 5.56 Å². The minimum absolute atomic E-state index is 0.609. The zero-order valence-corrected chi connectivity index (χ0v) is 10.4. The molecule has 0 aliphatic heterocycles. The highest BCUT2D eigenvalue weighted by Gasteiger charge is 2.10. The molecule has 1 aromatic carbocycles. The molecule has 0 amide bonds. The maximum atomic E-state index is 5.98. The van der Waals surface area contributed by atoms with Crippen LogP contribution in [0, 0.1) is 0 Å². The molecule has 5 nitrogen and oxygen atoms in total. The highest BCUT2D eigenvalue weighted by atomic mass is 16.5. The smallest absolute Gasteiger partial charge is 0.119 e. The number of benzene rings is 1. The number of aromatic nitrogens is 2. The van der Waals surface area contributed by atoms with Gasteiger partial charge in [0.2, 0.25) is 0 Å². The van der Waals surface area contributed by atoms with Gasteiger partial charge in [-0.25, -0.2) is 4.68 Å². The summed E-state index contributed by atoms with van der Waals surface area (Å²) < 4.78 is 11.9. The SMILES string of the molecule is COc1ccc(-n2cc(N)c(-c3ccoc3)n2)cc1. The summed E-state index contributed by atoms with van der Waals surface area (Å²) in [5.74, 6) is 0.805. The minimum atomic E-state index is 0.609. The number of anilines is 1. The zero-order chi connectivity index (χ0) is 13.2. The Morgan fingerprint density at radius 1 is 1.21 bits per heavy atom. The molecule has 0 spiro atoms. The topological polar surface area (TPSA) is 66.2 Å². The normalized spacial score (nSPS) is 10.6. The summed E-state index contributed by atoms with van der Waals surface area (Å²) >= 11 is 0. The lowest BCUT2D eigenvalue weighted by Crippen LogP contribution is -1.94.